The number of hydrogen-bond acceptors (Lipinski definition) is 4. The number of nitrogens with zero attached hydrogens (tertiary/aromatic N) is 3. The van der Waals surface area contributed by atoms with E-state index in [1.165, 1.54) is 46.9 Å². The molecule has 1 fully saturated rings. The van der Waals surface area contributed by atoms with Crippen molar-refractivity contribution >= 4 is 40.7 Å². The second kappa shape index (κ2) is 39.3. The smallest absolute Gasteiger partial charge is 0.151 e. The molecule has 0 N–H and O–H groups in total. The Kier molecular flexibility index (Phi) is 48.9. The van der Waals surface area contributed by atoms with Crippen LogP contribution >= 0.6 is 23.5 Å². The van der Waals surface area contributed by atoms with Gasteiger partial charge in [-0.3, -0.25) is 0 Å². The van der Waals surface area contributed by atoms with E-state index < -0.39 is 0 Å². The molecule has 0 unspecified atom stereocenters. The first-order valence-corrected chi connectivity index (χ1v) is 17.8. The van der Waals surface area contributed by atoms with Crippen molar-refractivity contribution < 1.29 is 23.2 Å². The zero-order valence-corrected chi connectivity index (χ0v) is 34.8. The number of hydrogen-bond donors (Lipinski definition) is 0. The van der Waals surface area contributed by atoms with Crippen LogP contribution < -0.4 is 0 Å². The van der Waals surface area contributed by atoms with Gasteiger partial charge in [-0.1, -0.05) is 33.2 Å². The van der Waals surface area contributed by atoms with Crippen molar-refractivity contribution in [2.75, 3.05) is 61.0 Å². The molecular weight excluding hydrogens is 583 g/mol. The lowest BCUT2D eigenvalue weighted by molar-refractivity contribution is -0.530. The predicted octanol–water partition coefficient (Wildman–Crippen LogP) is 10.4. The molecule has 0 spiro atoms. The van der Waals surface area contributed by atoms with Gasteiger partial charge in [-0.05, 0) is 83.1 Å². The molecule has 0 heterocycles. The summed E-state index contributed by atoms with van der Waals surface area (Å²) >= 11 is 3.48. The topological polar surface area (TPSA) is 27.5 Å². The van der Waals surface area contributed by atoms with E-state index in [9.17, 15) is 0 Å². The molecule has 1 aliphatic rings. The first-order valence-electron chi connectivity index (χ1n) is 15.6. The first-order chi connectivity index (χ1) is 20.1. The van der Waals surface area contributed by atoms with E-state index in [0.717, 1.165) is 23.9 Å². The highest BCUT2D eigenvalue weighted by molar-refractivity contribution is 8.03. The minimum absolute atomic E-state index is 0.639. The molecule has 0 bridgehead atoms. The van der Waals surface area contributed by atoms with E-state index in [0.29, 0.717) is 6.04 Å². The van der Waals surface area contributed by atoms with Crippen LogP contribution in [-0.2, 0) is 9.47 Å². The number of methoxy groups -OCH3 is 1. The van der Waals surface area contributed by atoms with Crippen LogP contribution in [0.25, 0.3) is 0 Å². The average Bonchev–Trinajstić information content (AvgIpc) is 3.45. The Morgan fingerprint density at radius 1 is 0.750 bits per heavy atom. The van der Waals surface area contributed by atoms with Gasteiger partial charge >= 0.3 is 0 Å². The minimum atomic E-state index is 0.639. The summed E-state index contributed by atoms with van der Waals surface area (Å²) in [7, 11) is 12.1. The van der Waals surface area contributed by atoms with Crippen molar-refractivity contribution in [3.63, 3.8) is 0 Å². The highest BCUT2D eigenvalue weighted by Crippen LogP contribution is 2.13. The molecule has 0 atom stereocenters. The average molecular weight is 661 g/mol. The molecule has 0 saturated heterocycles. The van der Waals surface area contributed by atoms with Crippen molar-refractivity contribution in [3.8, 4) is 0 Å². The Bertz CT molecular complexity index is 779. The van der Waals surface area contributed by atoms with E-state index in [1.54, 1.807) is 43.3 Å². The van der Waals surface area contributed by atoms with Gasteiger partial charge in [0.2, 0.25) is 0 Å². The van der Waals surface area contributed by atoms with Crippen LogP contribution in [0.4, 0.5) is 0 Å². The van der Waals surface area contributed by atoms with Gasteiger partial charge in [0.15, 0.2) is 5.71 Å². The largest absolute Gasteiger partial charge is 0.502 e. The van der Waals surface area contributed by atoms with Gasteiger partial charge in [-0.2, -0.15) is 0 Å². The standard InChI is InChI=1S/C7H14N.C7H16N.C5H12N.C5H10O.C5H10S.C4H8O.C4H8S/c1-8(2)7-5-3-4-6-7;1-6(2)8(5)7(3)4;1-5(2)6(3)4;2*1-4-6-5(2)3;2*1-4(2)5-3/h3-6H2,1-2H3;6H,1-5H3;1-4H3;2*2,4H2,1,3H3;2*1H2,2-3H3/q3*+1;;;;. The third kappa shape index (κ3) is 63.5. The maximum absolute atomic E-state index is 4.85. The zero-order chi connectivity index (χ0) is 36.4. The summed E-state index contributed by atoms with van der Waals surface area (Å²) in [6.45, 7) is 39.6. The molecule has 7 heteroatoms. The zero-order valence-electron chi connectivity index (χ0n) is 33.1. The maximum atomic E-state index is 4.85. The first kappa shape index (κ1) is 54.7. The van der Waals surface area contributed by atoms with Crippen molar-refractivity contribution in [2.24, 2.45) is 0 Å². The van der Waals surface area contributed by atoms with Gasteiger partial charge in [0.05, 0.1) is 25.2 Å². The lowest BCUT2D eigenvalue weighted by Crippen LogP contribution is -2.19. The number of ether oxygens (including phenoxy) is 2. The van der Waals surface area contributed by atoms with Gasteiger partial charge in [0.1, 0.15) is 52.7 Å². The van der Waals surface area contributed by atoms with E-state index in [1.807, 2.05) is 48.0 Å². The van der Waals surface area contributed by atoms with Gasteiger partial charge in [0.25, 0.3) is 0 Å². The number of thioether (sulfide) groups is 2. The molecule has 1 rings (SSSR count). The molecule has 0 aliphatic heterocycles. The van der Waals surface area contributed by atoms with Crippen LogP contribution in [0.3, 0.4) is 0 Å². The fourth-order valence-corrected chi connectivity index (χ4v) is 2.73. The summed E-state index contributed by atoms with van der Waals surface area (Å²) in [6.07, 6.45) is 7.52. The van der Waals surface area contributed by atoms with Crippen LogP contribution in [-0.4, -0.2) is 97.9 Å². The summed E-state index contributed by atoms with van der Waals surface area (Å²) in [6, 6.07) is 0.639. The van der Waals surface area contributed by atoms with E-state index in [2.05, 4.69) is 114 Å². The molecule has 0 aromatic heterocycles. The Balaban J connectivity index is -0.0000000966. The molecule has 0 aromatic carbocycles. The summed E-state index contributed by atoms with van der Waals surface area (Å²) < 4.78 is 16.0. The number of rotatable bonds is 7. The Hall–Kier alpha value is -1.73. The van der Waals surface area contributed by atoms with Crippen LogP contribution in [0.15, 0.2) is 47.6 Å². The maximum Gasteiger partial charge on any atom is 0.151 e. The van der Waals surface area contributed by atoms with Crippen LogP contribution in [0.5, 0.6) is 0 Å². The molecular formula is C37H78N3O2S2+3. The van der Waals surface area contributed by atoms with Crippen molar-refractivity contribution in [1.82, 2.24) is 0 Å². The fraction of sp³-hybridized carbons (Fsp3) is 0.703. The van der Waals surface area contributed by atoms with Crippen LogP contribution in [0, 0.1) is 0 Å². The summed E-state index contributed by atoms with van der Waals surface area (Å²) in [5.41, 5.74) is 4.35. The summed E-state index contributed by atoms with van der Waals surface area (Å²) in [4.78, 5) is 2.38. The molecule has 1 aliphatic carbocycles. The summed E-state index contributed by atoms with van der Waals surface area (Å²) in [5, 5.41) is 0. The minimum Gasteiger partial charge on any atom is -0.502 e. The Morgan fingerprint density at radius 2 is 1.11 bits per heavy atom. The highest BCUT2D eigenvalue weighted by Gasteiger charge is 2.13. The van der Waals surface area contributed by atoms with E-state index in [-0.39, 0.29) is 0 Å². The second-order valence-corrected chi connectivity index (χ2v) is 13.9. The van der Waals surface area contributed by atoms with Crippen molar-refractivity contribution in [1.29, 1.82) is 0 Å². The SMILES string of the molecule is C=C(C)OC.C=C(C)OCC.C=C(C)SC.C=C(C)SCC.CC(C)=[N+](C)C.CC(C)=[N+](C)C(C)C.C[N+](C)=C1CCCC1. The monoisotopic (exact) mass is 661 g/mol. The molecule has 0 radical (unpaired) electrons. The molecule has 1 saturated carbocycles. The quantitative estimate of drug-likeness (QED) is 0.154. The highest BCUT2D eigenvalue weighted by atomic mass is 32.2. The fourth-order valence-electron chi connectivity index (χ4n) is 2.24. The summed E-state index contributed by atoms with van der Waals surface area (Å²) in [5.74, 6) is 2.69. The third-order valence-corrected chi connectivity index (χ3v) is 7.14. The van der Waals surface area contributed by atoms with Gasteiger partial charge < -0.3 is 9.47 Å². The molecule has 0 amide bonds. The van der Waals surface area contributed by atoms with Crippen LogP contribution in [0.1, 0.15) is 109 Å². The second-order valence-electron chi connectivity index (χ2n) is 11.2. The molecule has 5 nitrogen and oxygen atoms in total. The van der Waals surface area contributed by atoms with E-state index >= 15 is 0 Å². The lowest BCUT2D eigenvalue weighted by Gasteiger charge is -2.00. The van der Waals surface area contributed by atoms with Crippen LogP contribution in [0.2, 0.25) is 0 Å². The Labute approximate surface area is 286 Å². The third-order valence-electron chi connectivity index (χ3n) is 5.67. The number of allylic oxidation sites excluding steroid dienone is 4. The predicted molar refractivity (Wildman–Crippen MR) is 211 cm³/mol. The Morgan fingerprint density at radius 3 is 1.16 bits per heavy atom. The molecule has 0 aromatic rings. The van der Waals surface area contributed by atoms with Gasteiger partial charge in [0, 0.05) is 40.5 Å². The van der Waals surface area contributed by atoms with Crippen molar-refractivity contribution in [2.45, 2.75) is 115 Å². The van der Waals surface area contributed by atoms with Crippen molar-refractivity contribution in [3.05, 3.63) is 47.6 Å². The van der Waals surface area contributed by atoms with Gasteiger partial charge in [-0.15, -0.1) is 23.5 Å². The molecule has 262 valence electrons. The van der Waals surface area contributed by atoms with E-state index in [4.69, 9.17) is 4.74 Å². The lowest BCUT2D eigenvalue weighted by atomic mass is 10.3. The normalized spacial score (nSPS) is 10.2. The molecule has 44 heavy (non-hydrogen) atoms. The van der Waals surface area contributed by atoms with Gasteiger partial charge in [-0.25, -0.2) is 13.7 Å².